The van der Waals surface area contributed by atoms with E-state index in [2.05, 4.69) is 35.1 Å². The molecule has 2 aromatic heterocycles. The largest absolute Gasteiger partial charge is 0.302 e. The van der Waals surface area contributed by atoms with Gasteiger partial charge >= 0.3 is 10.2 Å². The Labute approximate surface area is 177 Å². The number of hydrogen-bond acceptors (Lipinski definition) is 6. The van der Waals surface area contributed by atoms with Crippen LogP contribution in [0, 0.1) is 6.57 Å². The minimum Gasteiger partial charge on any atom is -0.270 e. The lowest BCUT2D eigenvalue weighted by Gasteiger charge is -2.16. The van der Waals surface area contributed by atoms with Crippen LogP contribution in [0.1, 0.15) is 52.9 Å². The Balaban J connectivity index is 2.64. The average molecular weight is 436 g/mol. The van der Waals surface area contributed by atoms with E-state index in [1.165, 1.54) is 18.8 Å². The number of nitrogens with one attached hydrogen (secondary N) is 2. The first-order valence-electron chi connectivity index (χ1n) is 9.25. The molecule has 0 aromatic carbocycles. The van der Waals surface area contributed by atoms with Crippen LogP contribution >= 0.6 is 0 Å². The summed E-state index contributed by atoms with van der Waals surface area (Å²) in [4.78, 5) is 3.55. The van der Waals surface area contributed by atoms with Gasteiger partial charge in [0, 0.05) is 26.6 Å². The molecule has 0 aliphatic heterocycles. The van der Waals surface area contributed by atoms with Gasteiger partial charge in [-0.25, -0.2) is 9.53 Å². The van der Waals surface area contributed by atoms with Gasteiger partial charge in [-0.2, -0.15) is 22.9 Å². The summed E-state index contributed by atoms with van der Waals surface area (Å²) in [6.45, 7) is 19.2. The van der Waals surface area contributed by atoms with Gasteiger partial charge in [0.05, 0.1) is 18.0 Å². The predicted octanol–water partition coefficient (Wildman–Crippen LogP) is 3.92. The van der Waals surface area contributed by atoms with Crippen LogP contribution in [-0.2, 0) is 28.1 Å². The first kappa shape index (κ1) is 23.5. The third-order valence-electron chi connectivity index (χ3n) is 4.23. The summed E-state index contributed by atoms with van der Waals surface area (Å²) in [5, 5.41) is 19.9. The number of nitrogens with zero attached hydrogens (tertiary/aromatic N) is 7. The number of hydrogen-bond donors (Lipinski definition) is 2. The molecule has 0 bridgehead atoms. The Hall–Kier alpha value is -2.78. The van der Waals surface area contributed by atoms with Gasteiger partial charge in [0.1, 0.15) is 0 Å². The third kappa shape index (κ3) is 4.68. The van der Waals surface area contributed by atoms with Crippen molar-refractivity contribution in [2.75, 3.05) is 18.8 Å². The van der Waals surface area contributed by atoms with Gasteiger partial charge in [0.2, 0.25) is 0 Å². The van der Waals surface area contributed by atoms with Crippen molar-refractivity contribution in [1.29, 1.82) is 0 Å². The van der Waals surface area contributed by atoms with E-state index in [1.807, 2.05) is 41.5 Å². The van der Waals surface area contributed by atoms with Gasteiger partial charge in [-0.15, -0.1) is 10.2 Å². The Morgan fingerprint density at radius 3 is 2.13 bits per heavy atom. The fourth-order valence-electron chi connectivity index (χ4n) is 2.57. The van der Waals surface area contributed by atoms with Crippen molar-refractivity contribution >= 4 is 33.2 Å². The number of H-pyrrole nitrogens is 1. The molecular formula is C18H29N9O2S. The molecule has 30 heavy (non-hydrogen) atoms. The SMILES string of the molecule is [C-]#[N+]c1c(C(C)(C)C)n[nH]c1/N=N/c1c(C(C)(C)C)nn(C)c1NS(=O)(=O)N(C)C. The van der Waals surface area contributed by atoms with Gasteiger partial charge in [-0.1, -0.05) is 41.5 Å². The molecule has 2 heterocycles. The number of rotatable bonds is 5. The van der Waals surface area contributed by atoms with Crippen LogP contribution in [-0.4, -0.2) is 46.8 Å². The van der Waals surface area contributed by atoms with Crippen molar-refractivity contribution in [3.05, 3.63) is 22.8 Å². The van der Waals surface area contributed by atoms with Crippen LogP contribution in [0.25, 0.3) is 4.85 Å². The molecule has 0 aliphatic rings. The summed E-state index contributed by atoms with van der Waals surface area (Å²) >= 11 is 0. The molecule has 2 rings (SSSR count). The van der Waals surface area contributed by atoms with E-state index in [0.717, 1.165) is 4.31 Å². The second-order valence-electron chi connectivity index (χ2n) is 9.14. The highest BCUT2D eigenvalue weighted by Gasteiger charge is 2.29. The Kier molecular flexibility index (Phi) is 6.11. The predicted molar refractivity (Wildman–Crippen MR) is 116 cm³/mol. The van der Waals surface area contributed by atoms with Gasteiger partial charge in [0.15, 0.2) is 17.3 Å². The fraction of sp³-hybridized carbons (Fsp3) is 0.611. The van der Waals surface area contributed by atoms with Crippen LogP contribution in [0.5, 0.6) is 0 Å². The van der Waals surface area contributed by atoms with Crippen LogP contribution in [0.4, 0.5) is 23.0 Å². The minimum atomic E-state index is -3.79. The van der Waals surface area contributed by atoms with E-state index < -0.39 is 15.6 Å². The van der Waals surface area contributed by atoms with E-state index in [4.69, 9.17) is 6.57 Å². The molecule has 0 atom stereocenters. The zero-order chi connectivity index (χ0) is 23.1. The summed E-state index contributed by atoms with van der Waals surface area (Å²) in [7, 11) is 0.682. The van der Waals surface area contributed by atoms with Gasteiger partial charge in [0.25, 0.3) is 5.69 Å². The Morgan fingerprint density at radius 1 is 1.10 bits per heavy atom. The first-order chi connectivity index (χ1) is 13.6. The maximum atomic E-state index is 12.4. The number of anilines is 1. The smallest absolute Gasteiger partial charge is 0.270 e. The van der Waals surface area contributed by atoms with Crippen molar-refractivity contribution < 1.29 is 8.42 Å². The molecule has 0 radical (unpaired) electrons. The van der Waals surface area contributed by atoms with Gasteiger partial charge in [-0.3, -0.25) is 9.82 Å². The van der Waals surface area contributed by atoms with E-state index in [-0.39, 0.29) is 28.4 Å². The van der Waals surface area contributed by atoms with Crippen LogP contribution < -0.4 is 4.72 Å². The maximum Gasteiger partial charge on any atom is 0.302 e. The number of aromatic nitrogens is 4. The lowest BCUT2D eigenvalue weighted by molar-refractivity contribution is 0.526. The molecule has 0 spiro atoms. The van der Waals surface area contributed by atoms with E-state index in [1.54, 1.807) is 7.05 Å². The zero-order valence-electron chi connectivity index (χ0n) is 18.9. The monoisotopic (exact) mass is 435 g/mol. The van der Waals surface area contributed by atoms with E-state index >= 15 is 0 Å². The van der Waals surface area contributed by atoms with Crippen LogP contribution in [0.3, 0.4) is 0 Å². The third-order valence-corrected chi connectivity index (χ3v) is 5.65. The molecule has 11 nitrogen and oxygen atoms in total. The molecule has 2 N–H and O–H groups in total. The van der Waals surface area contributed by atoms with Gasteiger partial charge in [-0.05, 0) is 5.41 Å². The Morgan fingerprint density at radius 2 is 1.67 bits per heavy atom. The minimum absolute atomic E-state index is 0.178. The standard InChI is InChI=1S/C18H29N9O2S/c1-17(2,3)13-11(19-7)15(23-21-13)22-20-12-14(18(4,5)6)24-27(10)16(12)25-30(28,29)26(8)9/h25H,1-6,8-10H3,(H,21,23)/b22-20+. The average Bonchev–Trinajstić information content (AvgIpc) is 3.13. The molecular weight excluding hydrogens is 406 g/mol. The summed E-state index contributed by atoms with van der Waals surface area (Å²) in [5.74, 6) is 0.386. The van der Waals surface area contributed by atoms with Crippen LogP contribution in [0.15, 0.2) is 10.2 Å². The second-order valence-corrected chi connectivity index (χ2v) is 11.0. The molecule has 0 saturated heterocycles. The summed E-state index contributed by atoms with van der Waals surface area (Å²) < 4.78 is 29.8. The number of aryl methyl sites for hydroxylation is 1. The maximum absolute atomic E-state index is 12.4. The van der Waals surface area contributed by atoms with Crippen molar-refractivity contribution in [3.63, 3.8) is 0 Å². The molecule has 164 valence electrons. The van der Waals surface area contributed by atoms with Crippen LogP contribution in [0.2, 0.25) is 0 Å². The normalized spacial score (nSPS) is 13.2. The topological polar surface area (TPSA) is 125 Å². The highest BCUT2D eigenvalue weighted by molar-refractivity contribution is 7.90. The van der Waals surface area contributed by atoms with Gasteiger partial charge < -0.3 is 0 Å². The molecule has 0 saturated carbocycles. The van der Waals surface area contributed by atoms with Crippen molar-refractivity contribution in [1.82, 2.24) is 24.3 Å². The highest BCUT2D eigenvalue weighted by atomic mass is 32.2. The summed E-state index contributed by atoms with van der Waals surface area (Å²) in [6, 6.07) is 0. The Bertz CT molecular complexity index is 1100. The lowest BCUT2D eigenvalue weighted by Crippen LogP contribution is -2.29. The quantitative estimate of drug-likeness (QED) is 0.545. The van der Waals surface area contributed by atoms with E-state index in [9.17, 15) is 8.42 Å². The molecule has 0 unspecified atom stereocenters. The summed E-state index contributed by atoms with van der Waals surface area (Å²) in [5.41, 5.74) is 0.927. The van der Waals surface area contributed by atoms with Crippen molar-refractivity contribution in [2.24, 2.45) is 17.3 Å². The number of azo groups is 1. The highest BCUT2D eigenvalue weighted by Crippen LogP contribution is 2.41. The second kappa shape index (κ2) is 7.81. The van der Waals surface area contributed by atoms with Crippen molar-refractivity contribution in [2.45, 2.75) is 52.4 Å². The molecule has 2 aromatic rings. The zero-order valence-corrected chi connectivity index (χ0v) is 19.7. The number of aromatic amines is 1. The van der Waals surface area contributed by atoms with E-state index in [0.29, 0.717) is 11.4 Å². The fourth-order valence-corrected chi connectivity index (χ4v) is 3.22. The molecule has 0 amide bonds. The molecule has 0 fully saturated rings. The molecule has 12 heteroatoms. The molecule has 0 aliphatic carbocycles. The lowest BCUT2D eigenvalue weighted by atomic mass is 9.91. The first-order valence-corrected chi connectivity index (χ1v) is 10.7. The summed E-state index contributed by atoms with van der Waals surface area (Å²) in [6.07, 6.45) is 0. The van der Waals surface area contributed by atoms with Crippen molar-refractivity contribution in [3.8, 4) is 0 Å².